The molecule has 0 spiro atoms. The number of carbonyl (C=O) groups is 3. The van der Waals surface area contributed by atoms with Crippen molar-refractivity contribution in [3.63, 3.8) is 0 Å². The number of hydrogen-bond donors (Lipinski definition) is 2. The lowest BCUT2D eigenvalue weighted by Gasteiger charge is -2.31. The van der Waals surface area contributed by atoms with E-state index in [4.69, 9.17) is 4.74 Å². The van der Waals surface area contributed by atoms with E-state index >= 15 is 0 Å². The molecule has 0 radical (unpaired) electrons. The van der Waals surface area contributed by atoms with Crippen molar-refractivity contribution in [2.45, 2.75) is 37.8 Å². The number of fused-ring (bicyclic) bond motifs is 3. The molecule has 1 heterocycles. The summed E-state index contributed by atoms with van der Waals surface area (Å²) in [5.41, 5.74) is 4.52. The van der Waals surface area contributed by atoms with Crippen LogP contribution in [0.5, 0.6) is 0 Å². The van der Waals surface area contributed by atoms with E-state index in [9.17, 15) is 19.5 Å². The van der Waals surface area contributed by atoms with Gasteiger partial charge in [0.1, 0.15) is 12.6 Å². The van der Waals surface area contributed by atoms with Crippen LogP contribution in [0.2, 0.25) is 0 Å². The maximum absolute atomic E-state index is 13.4. The molecule has 1 aliphatic carbocycles. The summed E-state index contributed by atoms with van der Waals surface area (Å²) in [5.74, 6) is -1.82. The number of nitrogens with zero attached hydrogens (tertiary/aromatic N) is 2. The monoisotopic (exact) mass is 479 g/mol. The minimum atomic E-state index is -0.888. The van der Waals surface area contributed by atoms with Crippen LogP contribution >= 0.6 is 0 Å². The van der Waals surface area contributed by atoms with E-state index in [2.05, 4.69) is 29.6 Å². The van der Waals surface area contributed by atoms with Gasteiger partial charge in [-0.15, -0.1) is 0 Å². The molecule has 0 saturated carbocycles. The SMILES string of the molecule is CCC1C(C(=O)O)CCN1C(=O)[C@H](CN(C)C)NC(=O)OCC1c2ccccc2-c2ccccc21. The molecular formula is C27H33N3O5. The predicted octanol–water partition coefficient (Wildman–Crippen LogP) is 3.17. The topological polar surface area (TPSA) is 99.2 Å². The number of carboxylic acids is 1. The first kappa shape index (κ1) is 24.7. The van der Waals surface area contributed by atoms with Crippen LogP contribution in [0.15, 0.2) is 48.5 Å². The Labute approximate surface area is 205 Å². The van der Waals surface area contributed by atoms with Crippen molar-refractivity contribution in [2.75, 3.05) is 33.8 Å². The molecule has 2 unspecified atom stereocenters. The second-order valence-electron chi connectivity index (χ2n) is 9.53. The van der Waals surface area contributed by atoms with Gasteiger partial charge in [0.05, 0.1) is 5.92 Å². The minimum absolute atomic E-state index is 0.0736. The molecule has 35 heavy (non-hydrogen) atoms. The Hall–Kier alpha value is -3.39. The Morgan fingerprint density at radius 3 is 2.23 bits per heavy atom. The highest BCUT2D eigenvalue weighted by molar-refractivity contribution is 5.87. The minimum Gasteiger partial charge on any atom is -0.481 e. The van der Waals surface area contributed by atoms with Gasteiger partial charge in [-0.2, -0.15) is 0 Å². The van der Waals surface area contributed by atoms with Crippen molar-refractivity contribution >= 4 is 18.0 Å². The second-order valence-corrected chi connectivity index (χ2v) is 9.53. The zero-order chi connectivity index (χ0) is 25.1. The van der Waals surface area contributed by atoms with Crippen molar-refractivity contribution in [3.05, 3.63) is 59.7 Å². The lowest BCUT2D eigenvalue weighted by molar-refractivity contribution is -0.143. The van der Waals surface area contributed by atoms with Crippen LogP contribution in [0, 0.1) is 5.92 Å². The quantitative estimate of drug-likeness (QED) is 0.604. The summed E-state index contributed by atoms with van der Waals surface area (Å²) in [6.07, 6.45) is 0.302. The van der Waals surface area contributed by atoms with E-state index in [0.717, 1.165) is 22.3 Å². The molecule has 0 bridgehead atoms. The normalized spacial score (nSPS) is 19.8. The van der Waals surface area contributed by atoms with Gasteiger partial charge in [0.15, 0.2) is 0 Å². The van der Waals surface area contributed by atoms with E-state index < -0.39 is 24.0 Å². The first-order valence-corrected chi connectivity index (χ1v) is 12.1. The van der Waals surface area contributed by atoms with Crippen LogP contribution in [-0.4, -0.2) is 78.8 Å². The maximum Gasteiger partial charge on any atom is 0.407 e. The third-order valence-electron chi connectivity index (χ3n) is 7.05. The first-order valence-electron chi connectivity index (χ1n) is 12.1. The smallest absolute Gasteiger partial charge is 0.407 e. The van der Waals surface area contributed by atoms with Gasteiger partial charge >= 0.3 is 12.1 Å². The number of likely N-dealkylation sites (N-methyl/N-ethyl adjacent to an activating group) is 1. The molecule has 2 aromatic carbocycles. The highest BCUT2D eigenvalue weighted by Gasteiger charge is 2.42. The largest absolute Gasteiger partial charge is 0.481 e. The maximum atomic E-state index is 13.4. The van der Waals surface area contributed by atoms with Gasteiger partial charge in [-0.25, -0.2) is 4.79 Å². The molecule has 2 aromatic rings. The molecule has 2 aliphatic rings. The van der Waals surface area contributed by atoms with Gasteiger partial charge in [0.2, 0.25) is 5.91 Å². The van der Waals surface area contributed by atoms with Crippen LogP contribution < -0.4 is 5.32 Å². The summed E-state index contributed by atoms with van der Waals surface area (Å²) in [4.78, 5) is 41.3. The number of amides is 2. The zero-order valence-electron chi connectivity index (χ0n) is 20.4. The van der Waals surface area contributed by atoms with E-state index in [0.29, 0.717) is 19.4 Å². The highest BCUT2D eigenvalue weighted by Crippen LogP contribution is 2.44. The average Bonchev–Trinajstić information content (AvgIpc) is 3.41. The van der Waals surface area contributed by atoms with Crippen molar-refractivity contribution < 1.29 is 24.2 Å². The molecule has 8 nitrogen and oxygen atoms in total. The zero-order valence-corrected chi connectivity index (χ0v) is 20.4. The van der Waals surface area contributed by atoms with Gasteiger partial charge in [0, 0.05) is 25.0 Å². The number of rotatable bonds is 8. The van der Waals surface area contributed by atoms with Gasteiger partial charge in [-0.05, 0) is 49.2 Å². The van der Waals surface area contributed by atoms with Crippen LogP contribution in [0.1, 0.15) is 36.8 Å². The molecule has 2 amide bonds. The van der Waals surface area contributed by atoms with Crippen LogP contribution in [0.3, 0.4) is 0 Å². The third kappa shape index (κ3) is 5.03. The predicted molar refractivity (Wildman–Crippen MR) is 132 cm³/mol. The third-order valence-corrected chi connectivity index (χ3v) is 7.05. The van der Waals surface area contributed by atoms with Crippen molar-refractivity contribution in [1.29, 1.82) is 0 Å². The van der Waals surface area contributed by atoms with Crippen molar-refractivity contribution in [2.24, 2.45) is 5.92 Å². The van der Waals surface area contributed by atoms with Crippen LogP contribution in [-0.2, 0) is 14.3 Å². The van der Waals surface area contributed by atoms with Crippen molar-refractivity contribution in [1.82, 2.24) is 15.1 Å². The molecule has 4 rings (SSSR count). The fourth-order valence-electron chi connectivity index (χ4n) is 5.45. The number of likely N-dealkylation sites (tertiary alicyclic amines) is 1. The summed E-state index contributed by atoms with van der Waals surface area (Å²) in [7, 11) is 3.64. The molecule has 1 fully saturated rings. The molecule has 3 atom stereocenters. The standard InChI is InChI=1S/C27H33N3O5/c1-4-24-21(26(32)33)13-14-30(24)25(31)23(15-29(2)3)28-27(34)35-16-22-19-11-7-5-9-17(19)18-10-6-8-12-20(18)22/h5-12,21-24H,4,13-16H2,1-3H3,(H,28,34)(H,32,33)/t21?,23-,24?/m0/s1. The average molecular weight is 480 g/mol. The van der Waals surface area contributed by atoms with E-state index in [1.807, 2.05) is 50.2 Å². The Balaban J connectivity index is 1.44. The Morgan fingerprint density at radius 2 is 1.69 bits per heavy atom. The molecule has 1 saturated heterocycles. The summed E-state index contributed by atoms with van der Waals surface area (Å²) >= 11 is 0. The summed E-state index contributed by atoms with van der Waals surface area (Å²) in [6, 6.07) is 15.0. The molecule has 2 N–H and O–H groups in total. The van der Waals surface area contributed by atoms with Gasteiger partial charge in [-0.1, -0.05) is 55.5 Å². The number of benzene rings is 2. The van der Waals surface area contributed by atoms with Gasteiger partial charge in [0.25, 0.3) is 0 Å². The number of alkyl carbamates (subject to hydrolysis) is 1. The lowest BCUT2D eigenvalue weighted by atomic mass is 9.98. The molecular weight excluding hydrogens is 446 g/mol. The van der Waals surface area contributed by atoms with Crippen LogP contribution in [0.25, 0.3) is 11.1 Å². The van der Waals surface area contributed by atoms with E-state index in [1.54, 1.807) is 4.90 Å². The Kier molecular flexibility index (Phi) is 7.40. The molecule has 8 heteroatoms. The fraction of sp³-hybridized carbons (Fsp3) is 0.444. The number of nitrogens with one attached hydrogen (secondary N) is 1. The summed E-state index contributed by atoms with van der Waals surface area (Å²) in [6.45, 7) is 2.69. The van der Waals surface area contributed by atoms with Crippen molar-refractivity contribution in [3.8, 4) is 11.1 Å². The van der Waals surface area contributed by atoms with Gasteiger partial charge in [-0.3, -0.25) is 9.59 Å². The number of aliphatic carboxylic acids is 1. The summed E-state index contributed by atoms with van der Waals surface area (Å²) < 4.78 is 5.64. The summed E-state index contributed by atoms with van der Waals surface area (Å²) in [5, 5.41) is 12.3. The Bertz CT molecular complexity index is 1060. The lowest BCUT2D eigenvalue weighted by Crippen LogP contribution is -2.54. The number of carboxylic acid groups (broad SMARTS) is 1. The number of carbonyl (C=O) groups excluding carboxylic acids is 2. The highest BCUT2D eigenvalue weighted by atomic mass is 16.5. The fourth-order valence-corrected chi connectivity index (χ4v) is 5.45. The number of hydrogen-bond acceptors (Lipinski definition) is 5. The first-order chi connectivity index (χ1) is 16.8. The number of ether oxygens (including phenoxy) is 1. The van der Waals surface area contributed by atoms with Gasteiger partial charge < -0.3 is 25.0 Å². The van der Waals surface area contributed by atoms with Crippen LogP contribution in [0.4, 0.5) is 4.79 Å². The van der Waals surface area contributed by atoms with E-state index in [-0.39, 0.29) is 31.0 Å². The molecule has 1 aliphatic heterocycles. The molecule has 0 aromatic heterocycles. The second kappa shape index (κ2) is 10.5. The molecule has 186 valence electrons. The Morgan fingerprint density at radius 1 is 1.09 bits per heavy atom. The van der Waals surface area contributed by atoms with E-state index in [1.165, 1.54) is 0 Å².